The first kappa shape index (κ1) is 60.9. The second-order valence-electron chi connectivity index (χ2n) is 15.4. The Morgan fingerprint density at radius 3 is 1.02 bits per heavy atom. The van der Waals surface area contributed by atoms with Crippen molar-refractivity contribution in [2.75, 3.05) is 0 Å². The van der Waals surface area contributed by atoms with Crippen LogP contribution in [0, 0.1) is 114 Å². The van der Waals surface area contributed by atoms with Crippen molar-refractivity contribution < 1.29 is 73.3 Å². The van der Waals surface area contributed by atoms with Gasteiger partial charge in [-0.1, -0.05) is 117 Å². The molecule has 0 nitrogen and oxygen atoms in total. The van der Waals surface area contributed by atoms with Crippen LogP contribution in [0.15, 0.2) is 60.7 Å². The second kappa shape index (κ2) is 34.3. The first-order valence-corrected chi connectivity index (χ1v) is 22.4. The van der Waals surface area contributed by atoms with Gasteiger partial charge in [0, 0.05) is 44.6 Å². The van der Waals surface area contributed by atoms with E-state index in [2.05, 4.69) is 180 Å². The smallest absolute Gasteiger partial charge is 0.418 e. The van der Waals surface area contributed by atoms with Crippen LogP contribution in [0.1, 0.15) is 99.8 Å². The van der Waals surface area contributed by atoms with Gasteiger partial charge in [0.1, 0.15) is 0 Å². The van der Waals surface area contributed by atoms with Crippen molar-refractivity contribution in [3.8, 4) is 0 Å². The molecule has 0 amide bonds. The van der Waals surface area contributed by atoms with Crippen LogP contribution in [0.2, 0.25) is 0 Å². The maximum absolute atomic E-state index is 9.75. The number of hydrogen-bond acceptors (Lipinski definition) is 0. The predicted molar refractivity (Wildman–Crippen MR) is 237 cm³/mol. The summed E-state index contributed by atoms with van der Waals surface area (Å²) in [7, 11) is -6.77. The molecule has 4 aliphatic rings. The van der Waals surface area contributed by atoms with E-state index in [-0.39, 0.29) is 63.9 Å². The van der Waals surface area contributed by atoms with Crippen LogP contribution in [0.4, 0.5) is 17.3 Å². The minimum atomic E-state index is -6.00. The minimum absolute atomic E-state index is 0. The normalized spacial score (nSPS) is 18.7. The molecular formula is C48H64BF4FeP2Rh2+. The average molecular weight is 1050 g/mol. The molecule has 0 spiro atoms. The molecule has 0 N–H and O–H groups in total. The minimum Gasteiger partial charge on any atom is -0.418 e. The molecule has 0 aliphatic heterocycles. The molecule has 4 aliphatic carbocycles. The van der Waals surface area contributed by atoms with Gasteiger partial charge in [-0.3, -0.25) is 0 Å². The number of rotatable bonds is 5. The quantitative estimate of drug-likeness (QED) is 0.159. The Morgan fingerprint density at radius 2 is 0.759 bits per heavy atom. The maximum atomic E-state index is 9.75. The summed E-state index contributed by atoms with van der Waals surface area (Å²) < 4.78 is 39.0. The Morgan fingerprint density at radius 1 is 0.483 bits per heavy atom. The molecule has 0 bridgehead atoms. The molecule has 2 aromatic rings. The number of benzene rings is 2. The van der Waals surface area contributed by atoms with Crippen LogP contribution in [0.5, 0.6) is 0 Å². The molecule has 6 rings (SSSR count). The summed E-state index contributed by atoms with van der Waals surface area (Å²) in [5.74, 6) is 1.56. The number of halogens is 4. The molecule has 0 saturated heterocycles. The fraction of sp³-hybridized carbons (Fsp3) is 0.375. The van der Waals surface area contributed by atoms with Gasteiger partial charge in [0.25, 0.3) is 0 Å². The fourth-order valence-electron chi connectivity index (χ4n) is 6.90. The van der Waals surface area contributed by atoms with E-state index >= 15 is 0 Å². The molecule has 2 aromatic carbocycles. The van der Waals surface area contributed by atoms with E-state index in [0.29, 0.717) is 16.0 Å². The summed E-state index contributed by atoms with van der Waals surface area (Å²) in [6, 6.07) is 22.2. The molecule has 1 atom stereocenters. The Labute approximate surface area is 395 Å². The van der Waals surface area contributed by atoms with Gasteiger partial charge in [0.05, 0.1) is 0 Å². The van der Waals surface area contributed by atoms with E-state index in [0.717, 1.165) is 0 Å². The van der Waals surface area contributed by atoms with Gasteiger partial charge in [-0.25, -0.2) is 0 Å². The van der Waals surface area contributed by atoms with Crippen LogP contribution >= 0.6 is 15.8 Å². The average Bonchev–Trinajstić information content (AvgIpc) is 3.81. The van der Waals surface area contributed by atoms with Crippen LogP contribution in [0.3, 0.4) is 0 Å². The third-order valence-electron chi connectivity index (χ3n) is 8.60. The molecule has 0 unspecified atom stereocenters. The van der Waals surface area contributed by atoms with Gasteiger partial charge < -0.3 is 17.3 Å². The zero-order valence-electron chi connectivity index (χ0n) is 35.2. The Bertz CT molecular complexity index is 1080. The number of hydrogen-bond donors (Lipinski definition) is 0. The van der Waals surface area contributed by atoms with E-state index in [1.165, 1.54) is 67.6 Å². The SMILES string of the molecule is C[C@H]([C]1[CH][CH][CH][C]1P(c1ccccc1)c1ccccc1)P(C(C)(C)C)C(C)(C)C.F[B-](F)(F)F.[CH]1[CH]CC[CH][CH]CC1.[CH]1[CH]CC[CH][CH]CC1.[CH]1[CH][CH][CH][CH]1.[Fe+2].[Rh].[Rh]. The molecular weight excluding hydrogens is 987 g/mol. The molecule has 0 heterocycles. The predicted octanol–water partition coefficient (Wildman–Crippen LogP) is 14.4. The fourth-order valence-corrected chi connectivity index (χ4v) is 14.4. The molecule has 4 saturated carbocycles. The van der Waals surface area contributed by atoms with E-state index < -0.39 is 15.2 Å². The van der Waals surface area contributed by atoms with E-state index in [9.17, 15) is 17.3 Å². The molecule has 20 radical (unpaired) electrons. The van der Waals surface area contributed by atoms with Gasteiger partial charge in [-0.2, -0.15) is 0 Å². The summed E-state index contributed by atoms with van der Waals surface area (Å²) in [4.78, 5) is 0. The Balaban J connectivity index is 0. The van der Waals surface area contributed by atoms with Crippen LogP contribution in [0.25, 0.3) is 0 Å². The first-order chi connectivity index (χ1) is 26.1. The largest absolute Gasteiger partial charge is 2.00 e. The van der Waals surface area contributed by atoms with Gasteiger partial charge in [0.15, 0.2) is 0 Å². The Kier molecular flexibility index (Phi) is 36.0. The monoisotopic (exact) mass is 1050 g/mol. The summed E-state index contributed by atoms with van der Waals surface area (Å²) >= 11 is 0. The molecule has 322 valence electrons. The third kappa shape index (κ3) is 27.8. The van der Waals surface area contributed by atoms with Crippen molar-refractivity contribution in [2.24, 2.45) is 0 Å². The van der Waals surface area contributed by atoms with E-state index in [1.54, 1.807) is 5.92 Å². The standard InChI is InChI=1S/C27H35P2.2C8H12.C5H5.BF4.Fe.2Rh/c1-21(29(26(2,3)4)27(5,6)7)24-19-14-20-25(24)28(22-15-10-8-11-16-22)23-17-12-9-13-18-23;2*1-2-4-6-8-7-5-3-1;1-2-4-5-3-1;2-1(3,4)5;;;/h8-21H,1-7H3;2*1-2,7-8H,3-6H2;1-5H;;;;/q;;;;-1;+2;;/t21-;;;;;;;/m1......./s1. The first-order valence-electron chi connectivity index (χ1n) is 19.7. The van der Waals surface area contributed by atoms with Gasteiger partial charge in [-0.05, 0) is 195 Å². The van der Waals surface area contributed by atoms with E-state index in [1.807, 2.05) is 32.1 Å². The van der Waals surface area contributed by atoms with Crippen LogP contribution in [-0.4, -0.2) is 23.2 Å². The molecule has 58 heavy (non-hydrogen) atoms. The van der Waals surface area contributed by atoms with Gasteiger partial charge >= 0.3 is 24.3 Å². The summed E-state index contributed by atoms with van der Waals surface area (Å²) in [6.07, 6.45) is 45.1. The maximum Gasteiger partial charge on any atom is 2.00 e. The third-order valence-corrected chi connectivity index (χ3v) is 15.1. The topological polar surface area (TPSA) is 0 Å². The second-order valence-corrected chi connectivity index (χ2v) is 21.8. The van der Waals surface area contributed by atoms with E-state index in [4.69, 9.17) is 0 Å². The van der Waals surface area contributed by atoms with Crippen molar-refractivity contribution >= 4 is 33.7 Å². The summed E-state index contributed by atoms with van der Waals surface area (Å²) in [6.45, 7) is 17.1. The van der Waals surface area contributed by atoms with Crippen molar-refractivity contribution in [3.63, 3.8) is 0 Å². The zero-order chi connectivity index (χ0) is 40.6. The summed E-state index contributed by atoms with van der Waals surface area (Å²) in [5.41, 5.74) is 2.10. The van der Waals surface area contributed by atoms with Crippen molar-refractivity contribution in [1.29, 1.82) is 0 Å². The molecule has 0 aromatic heterocycles. The van der Waals surface area contributed by atoms with Gasteiger partial charge in [-0.15, -0.1) is 0 Å². The van der Waals surface area contributed by atoms with Crippen molar-refractivity contribution in [1.82, 2.24) is 0 Å². The zero-order valence-corrected chi connectivity index (χ0v) is 41.4. The van der Waals surface area contributed by atoms with Gasteiger partial charge in [0.2, 0.25) is 0 Å². The molecule has 4 fully saturated rings. The summed E-state index contributed by atoms with van der Waals surface area (Å²) in [5, 5.41) is 3.49. The van der Waals surface area contributed by atoms with Crippen molar-refractivity contribution in [3.05, 3.63) is 175 Å². The Hall–Kier alpha value is 0.851. The van der Waals surface area contributed by atoms with Crippen molar-refractivity contribution in [2.45, 2.75) is 116 Å². The van der Waals surface area contributed by atoms with Crippen LogP contribution in [-0.2, 0) is 56.0 Å². The molecule has 10 heteroatoms. The van der Waals surface area contributed by atoms with Crippen LogP contribution < -0.4 is 10.6 Å².